The number of fused-ring (bicyclic) bond motifs is 1. The van der Waals surface area contributed by atoms with E-state index in [-0.39, 0.29) is 61.1 Å². The first-order chi connectivity index (χ1) is 36.0. The molecule has 3 fully saturated rings. The summed E-state index contributed by atoms with van der Waals surface area (Å²) in [5.74, 6) is -6.19. The Bertz CT molecular complexity index is 2410. The SMILES string of the molecule is CC[C@H]1OC(=O)[C@H](C)[C@@H](O[C@H]2C[C@@](C)(OC)[C@@H](OC(=O)CCNCCSc3cc4c(=O)c(C(=O)O)cn(N(C)C)c4cn3)[C@H](C)O2)[C@H](C)[C@@H](O[C@@H]2O[C@H](C)C[C@H](N(C)C)[C@H]2O)[C@](C)(OC)C[C@@H](C)C(=O)[C@@H](C)[C@@H](O)[C@]1(C)O. The Balaban J connectivity index is 1.35. The Morgan fingerprint density at radius 1 is 0.922 bits per heavy atom. The fourth-order valence-electron chi connectivity index (χ4n) is 11.3. The number of carbonyl (C=O) groups is 4. The zero-order chi connectivity index (χ0) is 57.6. The summed E-state index contributed by atoms with van der Waals surface area (Å²) < 4.78 is 52.8. The number of likely N-dealkylation sites (N-methyl/N-ethyl adjacent to an activating group) is 1. The number of carboxylic acid groups (broad SMARTS) is 1. The summed E-state index contributed by atoms with van der Waals surface area (Å²) in [7, 11) is 10.2. The van der Waals surface area contributed by atoms with Crippen LogP contribution in [0.2, 0.25) is 0 Å². The molecule has 3 aliphatic heterocycles. The van der Waals surface area contributed by atoms with E-state index in [1.54, 1.807) is 71.4 Å². The number of carbonyl (C=O) groups excluding carboxylic acids is 3. The Morgan fingerprint density at radius 3 is 2.17 bits per heavy atom. The Kier molecular flexibility index (Phi) is 22.1. The molecule has 5 N–H and O–H groups in total. The van der Waals surface area contributed by atoms with Crippen LogP contribution in [-0.2, 0) is 52.3 Å². The number of hydrogen-bond donors (Lipinski definition) is 5. The summed E-state index contributed by atoms with van der Waals surface area (Å²) in [4.78, 5) is 73.5. The topological polar surface area (TPSA) is 276 Å². The quantitative estimate of drug-likeness (QED) is 0.0813. The third kappa shape index (κ3) is 14.6. The van der Waals surface area contributed by atoms with Crippen molar-refractivity contribution in [3.63, 3.8) is 0 Å². The molecular formula is C54H87N5O17S. The van der Waals surface area contributed by atoms with Crippen LogP contribution in [0.15, 0.2) is 28.3 Å². The summed E-state index contributed by atoms with van der Waals surface area (Å²) >= 11 is 1.36. The van der Waals surface area contributed by atoms with Crippen LogP contribution in [0.5, 0.6) is 0 Å². The molecule has 22 nitrogen and oxygen atoms in total. The number of pyridine rings is 2. The Hall–Kier alpha value is -3.85. The van der Waals surface area contributed by atoms with Gasteiger partial charge in [0.2, 0.25) is 5.43 Å². The van der Waals surface area contributed by atoms with E-state index >= 15 is 0 Å². The highest BCUT2D eigenvalue weighted by atomic mass is 32.2. The molecule has 5 heterocycles. The molecule has 0 bridgehead atoms. The van der Waals surface area contributed by atoms with Crippen molar-refractivity contribution in [3.8, 4) is 0 Å². The van der Waals surface area contributed by atoms with Crippen molar-refractivity contribution >= 4 is 46.4 Å². The van der Waals surface area contributed by atoms with E-state index in [0.717, 1.165) is 0 Å². The molecule has 2 aromatic heterocycles. The first kappa shape index (κ1) is 64.0. The lowest BCUT2D eigenvalue weighted by atomic mass is 9.74. The van der Waals surface area contributed by atoms with Crippen molar-refractivity contribution in [2.45, 2.75) is 191 Å². The molecule has 2 aromatic rings. The van der Waals surface area contributed by atoms with E-state index in [1.807, 2.05) is 32.8 Å². The van der Waals surface area contributed by atoms with Crippen molar-refractivity contribution in [1.29, 1.82) is 0 Å². The second kappa shape index (κ2) is 26.6. The number of aromatic nitrogens is 2. The lowest BCUT2D eigenvalue weighted by Crippen LogP contribution is -2.61. The normalized spacial score (nSPS) is 36.8. The van der Waals surface area contributed by atoms with Crippen LogP contribution in [0.25, 0.3) is 10.9 Å². The van der Waals surface area contributed by atoms with Gasteiger partial charge in [0, 0.05) is 83.6 Å². The number of rotatable bonds is 18. The zero-order valence-corrected chi connectivity index (χ0v) is 48.7. The summed E-state index contributed by atoms with van der Waals surface area (Å²) in [6, 6.07) is 1.24. The Morgan fingerprint density at radius 2 is 1.57 bits per heavy atom. The second-order valence-electron chi connectivity index (χ2n) is 22.4. The van der Waals surface area contributed by atoms with Crippen LogP contribution in [0.4, 0.5) is 0 Å². The number of esters is 2. The highest BCUT2D eigenvalue weighted by Gasteiger charge is 2.55. The maximum Gasteiger partial charge on any atom is 0.341 e. The van der Waals surface area contributed by atoms with Crippen molar-refractivity contribution < 1.29 is 77.5 Å². The van der Waals surface area contributed by atoms with Gasteiger partial charge in [0.15, 0.2) is 18.7 Å². The summed E-state index contributed by atoms with van der Waals surface area (Å²) in [5.41, 5.74) is -5.03. The van der Waals surface area contributed by atoms with Gasteiger partial charge in [0.1, 0.15) is 34.8 Å². The van der Waals surface area contributed by atoms with Gasteiger partial charge >= 0.3 is 17.9 Å². The standard InChI is InChI=1S/C54H87N5O17S/c1-17-38-54(10,68)46(64)30(4)42(61)28(2)24-52(8,69-15)47(76-51-44(63)36(57(11)12)22-29(3)71-51)31(5)45(32(6)50(67)73-38)75-41-25-53(9,70-16)48(33(7)72-41)74-40(60)18-19-55-20-21-77-39-23-34-37(26-56-39)59(58(13)14)27-35(43(34)62)49(65)66/h23,26-33,36,38,41,44-48,51,55,63-64,68H,17-22,24-25H2,1-16H3,(H,65,66)/t28-,29-,30-,31+,32-,33+,36+,38-,41+,44-,45+,46-,47-,48+,51+,52-,53-,54-/m1/s1. The molecular weight excluding hydrogens is 1020 g/mol. The molecule has 0 unspecified atom stereocenters. The number of Topliss-reactive ketones (excluding diaryl/α,β-unsaturated/α-hetero) is 1. The van der Waals surface area contributed by atoms with Crippen LogP contribution >= 0.6 is 11.8 Å². The molecule has 0 amide bonds. The fourth-order valence-corrected chi connectivity index (χ4v) is 12.1. The van der Waals surface area contributed by atoms with Gasteiger partial charge in [-0.15, -0.1) is 11.8 Å². The van der Waals surface area contributed by atoms with Crippen LogP contribution in [0, 0.1) is 23.7 Å². The van der Waals surface area contributed by atoms with Gasteiger partial charge in [-0.05, 0) is 81.0 Å². The number of hydrogen-bond acceptors (Lipinski definition) is 21. The molecule has 23 heteroatoms. The molecule has 0 aliphatic carbocycles. The third-order valence-corrected chi connectivity index (χ3v) is 17.0. The van der Waals surface area contributed by atoms with Crippen LogP contribution in [-0.4, -0.2) is 204 Å². The van der Waals surface area contributed by atoms with Gasteiger partial charge < -0.3 is 73.5 Å². The molecule has 18 atom stereocenters. The highest BCUT2D eigenvalue weighted by molar-refractivity contribution is 7.99. The molecule has 5 rings (SSSR count). The highest BCUT2D eigenvalue weighted by Crippen LogP contribution is 2.42. The Labute approximate surface area is 457 Å². The summed E-state index contributed by atoms with van der Waals surface area (Å²) in [6.45, 7) is 17.7. The van der Waals surface area contributed by atoms with Crippen molar-refractivity contribution in [1.82, 2.24) is 19.9 Å². The van der Waals surface area contributed by atoms with E-state index in [9.17, 15) is 44.4 Å². The lowest BCUT2D eigenvalue weighted by Gasteiger charge is -2.50. The number of cyclic esters (lactones) is 1. The van der Waals surface area contributed by atoms with E-state index in [4.69, 9.17) is 37.9 Å². The summed E-state index contributed by atoms with van der Waals surface area (Å²) in [6.07, 6.45) is -6.89. The number of aliphatic hydroxyl groups excluding tert-OH is 2. The number of carboxylic acids is 1. The van der Waals surface area contributed by atoms with E-state index in [1.165, 1.54) is 52.2 Å². The van der Waals surface area contributed by atoms with Gasteiger partial charge in [-0.2, -0.15) is 0 Å². The lowest BCUT2D eigenvalue weighted by molar-refractivity contribution is -0.320. The number of nitrogens with zero attached hydrogens (tertiary/aromatic N) is 4. The molecule has 0 radical (unpaired) electrons. The van der Waals surface area contributed by atoms with Gasteiger partial charge in [-0.25, -0.2) is 9.78 Å². The summed E-state index contributed by atoms with van der Waals surface area (Å²) in [5, 5.41) is 50.5. The number of ketones is 1. The molecule has 436 valence electrons. The number of nitrogens with one attached hydrogen (secondary N) is 1. The van der Waals surface area contributed by atoms with E-state index in [2.05, 4.69) is 10.3 Å². The molecule has 0 aromatic carbocycles. The molecule has 3 aliphatic rings. The zero-order valence-electron chi connectivity index (χ0n) is 47.8. The van der Waals surface area contributed by atoms with E-state index in [0.29, 0.717) is 29.3 Å². The molecule has 77 heavy (non-hydrogen) atoms. The minimum Gasteiger partial charge on any atom is -0.477 e. The van der Waals surface area contributed by atoms with Crippen molar-refractivity contribution in [2.24, 2.45) is 23.7 Å². The van der Waals surface area contributed by atoms with Gasteiger partial charge in [0.05, 0.1) is 70.6 Å². The third-order valence-electron chi connectivity index (χ3n) is 16.0. The first-order valence-corrected chi connectivity index (χ1v) is 27.7. The monoisotopic (exact) mass is 1110 g/mol. The van der Waals surface area contributed by atoms with E-state index < -0.39 is 119 Å². The first-order valence-electron chi connectivity index (χ1n) is 26.7. The maximum atomic E-state index is 14.6. The number of ether oxygens (including phenoxy) is 8. The van der Waals surface area contributed by atoms with Crippen molar-refractivity contribution in [3.05, 3.63) is 34.2 Å². The predicted molar refractivity (Wildman–Crippen MR) is 286 cm³/mol. The fraction of sp³-hybridized carbons (Fsp3) is 0.778. The van der Waals surface area contributed by atoms with Gasteiger partial charge in [0.25, 0.3) is 0 Å². The number of aromatic carboxylic acids is 1. The van der Waals surface area contributed by atoms with Gasteiger partial charge in [-0.3, -0.25) is 23.9 Å². The average molecular weight is 1110 g/mol. The van der Waals surface area contributed by atoms with Crippen LogP contribution in [0.3, 0.4) is 0 Å². The molecule has 0 saturated carbocycles. The smallest absolute Gasteiger partial charge is 0.341 e. The predicted octanol–water partition coefficient (Wildman–Crippen LogP) is 3.37. The van der Waals surface area contributed by atoms with Crippen LogP contribution < -0.4 is 15.8 Å². The minimum absolute atomic E-state index is 0.00200. The molecule has 3 saturated heterocycles. The van der Waals surface area contributed by atoms with Crippen molar-refractivity contribution in [2.75, 3.05) is 66.3 Å². The number of thioether (sulfide) groups is 1. The largest absolute Gasteiger partial charge is 0.477 e. The minimum atomic E-state index is -2.03. The number of aliphatic hydroxyl groups is 3. The number of methoxy groups -OCH3 is 2. The average Bonchev–Trinajstić information content (AvgIpc) is 3.37. The van der Waals surface area contributed by atoms with Gasteiger partial charge in [-0.1, -0.05) is 27.7 Å². The van der Waals surface area contributed by atoms with Crippen LogP contribution in [0.1, 0.15) is 112 Å². The second-order valence-corrected chi connectivity index (χ2v) is 23.5. The molecule has 0 spiro atoms. The maximum absolute atomic E-state index is 14.6.